The number of carbonyl (C=O) groups excluding carboxylic acids is 1. The van der Waals surface area contributed by atoms with Crippen LogP contribution in [-0.4, -0.2) is 35.8 Å². The Bertz CT molecular complexity index is 631. The summed E-state index contributed by atoms with van der Waals surface area (Å²) in [5.74, 6) is 1.62. The van der Waals surface area contributed by atoms with E-state index >= 15 is 0 Å². The second kappa shape index (κ2) is 6.57. The standard InChI is InChI=1S/C15H17N3O4/c1-20-9-13-17-14(22-18-13)6-7-16-15(19)12-8-10-4-2-3-5-11(10)21-12/h2-5,12H,6-9H2,1H3,(H,16,19). The van der Waals surface area contributed by atoms with Gasteiger partial charge in [0.1, 0.15) is 12.4 Å². The van der Waals surface area contributed by atoms with Crippen molar-refractivity contribution in [2.24, 2.45) is 0 Å². The Morgan fingerprint density at radius 3 is 3.14 bits per heavy atom. The molecule has 7 heteroatoms. The summed E-state index contributed by atoms with van der Waals surface area (Å²) in [6.45, 7) is 0.730. The lowest BCUT2D eigenvalue weighted by Gasteiger charge is -2.10. The van der Waals surface area contributed by atoms with Crippen molar-refractivity contribution in [3.05, 3.63) is 41.5 Å². The van der Waals surface area contributed by atoms with Gasteiger partial charge in [-0.15, -0.1) is 0 Å². The molecule has 0 bridgehead atoms. The van der Waals surface area contributed by atoms with Gasteiger partial charge >= 0.3 is 0 Å². The highest BCUT2D eigenvalue weighted by molar-refractivity contribution is 5.82. The zero-order valence-corrected chi connectivity index (χ0v) is 12.2. The molecule has 0 saturated heterocycles. The summed E-state index contributed by atoms with van der Waals surface area (Å²) in [7, 11) is 1.57. The summed E-state index contributed by atoms with van der Waals surface area (Å²) in [6, 6.07) is 7.68. The number of fused-ring (bicyclic) bond motifs is 1. The highest BCUT2D eigenvalue weighted by Crippen LogP contribution is 2.27. The number of benzene rings is 1. The van der Waals surface area contributed by atoms with Crippen molar-refractivity contribution in [2.45, 2.75) is 25.6 Å². The quantitative estimate of drug-likeness (QED) is 0.852. The molecule has 1 aliphatic heterocycles. The van der Waals surface area contributed by atoms with E-state index in [1.165, 1.54) is 0 Å². The molecule has 2 heterocycles. The zero-order valence-electron chi connectivity index (χ0n) is 12.2. The molecule has 116 valence electrons. The Hall–Kier alpha value is -2.41. The summed E-state index contributed by atoms with van der Waals surface area (Å²) >= 11 is 0. The van der Waals surface area contributed by atoms with E-state index in [1.54, 1.807) is 7.11 Å². The van der Waals surface area contributed by atoms with Gasteiger partial charge in [0.2, 0.25) is 5.89 Å². The molecule has 1 aromatic carbocycles. The Labute approximate surface area is 127 Å². The second-order valence-corrected chi connectivity index (χ2v) is 5.00. The average Bonchev–Trinajstić information content (AvgIpc) is 3.14. The van der Waals surface area contributed by atoms with Crippen LogP contribution in [0.4, 0.5) is 0 Å². The molecule has 1 aliphatic rings. The molecule has 1 aromatic heterocycles. The van der Waals surface area contributed by atoms with Crippen molar-refractivity contribution in [1.82, 2.24) is 15.5 Å². The third kappa shape index (κ3) is 3.25. The van der Waals surface area contributed by atoms with Crippen molar-refractivity contribution in [3.8, 4) is 5.75 Å². The van der Waals surface area contributed by atoms with Gasteiger partial charge in [0, 0.05) is 26.5 Å². The topological polar surface area (TPSA) is 86.5 Å². The monoisotopic (exact) mass is 303 g/mol. The lowest BCUT2D eigenvalue weighted by atomic mass is 10.1. The van der Waals surface area contributed by atoms with Crippen molar-refractivity contribution < 1.29 is 18.8 Å². The third-order valence-electron chi connectivity index (χ3n) is 3.36. The number of hydrogen-bond acceptors (Lipinski definition) is 6. The molecule has 1 N–H and O–H groups in total. The summed E-state index contributed by atoms with van der Waals surface area (Å²) < 4.78 is 15.6. The molecule has 1 amide bonds. The van der Waals surface area contributed by atoms with Gasteiger partial charge in [-0.25, -0.2) is 0 Å². The number of nitrogens with zero attached hydrogens (tertiary/aromatic N) is 2. The fraction of sp³-hybridized carbons (Fsp3) is 0.400. The lowest BCUT2D eigenvalue weighted by molar-refractivity contribution is -0.127. The Morgan fingerprint density at radius 1 is 1.45 bits per heavy atom. The first-order valence-corrected chi connectivity index (χ1v) is 7.09. The molecule has 0 fully saturated rings. The van der Waals surface area contributed by atoms with Gasteiger partial charge in [0.15, 0.2) is 11.9 Å². The Balaban J connectivity index is 1.45. The molecular weight excluding hydrogens is 286 g/mol. The molecule has 0 spiro atoms. The largest absolute Gasteiger partial charge is 0.480 e. The highest BCUT2D eigenvalue weighted by atomic mass is 16.5. The van der Waals surface area contributed by atoms with E-state index in [9.17, 15) is 4.79 Å². The molecule has 7 nitrogen and oxygen atoms in total. The molecule has 22 heavy (non-hydrogen) atoms. The first-order chi connectivity index (χ1) is 10.8. The van der Waals surface area contributed by atoms with Crippen LogP contribution in [-0.2, 0) is 29.0 Å². The number of methoxy groups -OCH3 is 1. The average molecular weight is 303 g/mol. The first-order valence-electron chi connectivity index (χ1n) is 7.09. The first kappa shape index (κ1) is 14.5. The maximum absolute atomic E-state index is 12.1. The van der Waals surface area contributed by atoms with E-state index in [4.69, 9.17) is 14.0 Å². The fourth-order valence-electron chi connectivity index (χ4n) is 2.31. The number of para-hydroxylation sites is 1. The van der Waals surface area contributed by atoms with Gasteiger partial charge < -0.3 is 19.3 Å². The highest BCUT2D eigenvalue weighted by Gasteiger charge is 2.28. The number of ether oxygens (including phenoxy) is 2. The number of amides is 1. The van der Waals surface area contributed by atoms with Crippen molar-refractivity contribution in [3.63, 3.8) is 0 Å². The minimum atomic E-state index is -0.468. The third-order valence-corrected chi connectivity index (χ3v) is 3.36. The van der Waals surface area contributed by atoms with Gasteiger partial charge in [-0.1, -0.05) is 23.4 Å². The zero-order chi connectivity index (χ0) is 15.4. The summed E-state index contributed by atoms with van der Waals surface area (Å²) in [6.07, 6.45) is 0.604. The maximum atomic E-state index is 12.1. The van der Waals surface area contributed by atoms with Crippen LogP contribution in [0, 0.1) is 0 Å². The molecule has 0 radical (unpaired) electrons. The van der Waals surface area contributed by atoms with Crippen LogP contribution >= 0.6 is 0 Å². The fourth-order valence-corrected chi connectivity index (χ4v) is 2.31. The lowest BCUT2D eigenvalue weighted by Crippen LogP contribution is -2.38. The minimum absolute atomic E-state index is 0.132. The van der Waals surface area contributed by atoms with E-state index in [0.29, 0.717) is 37.7 Å². The number of hydrogen-bond donors (Lipinski definition) is 1. The number of rotatable bonds is 6. The SMILES string of the molecule is COCc1noc(CCNC(=O)C2Cc3ccccc3O2)n1. The van der Waals surface area contributed by atoms with Crippen LogP contribution in [0.3, 0.4) is 0 Å². The van der Waals surface area contributed by atoms with Gasteiger partial charge in [0.25, 0.3) is 5.91 Å². The van der Waals surface area contributed by atoms with E-state index in [-0.39, 0.29) is 5.91 Å². The van der Waals surface area contributed by atoms with Crippen LogP contribution in [0.5, 0.6) is 5.75 Å². The van der Waals surface area contributed by atoms with Crippen LogP contribution in [0.15, 0.2) is 28.8 Å². The van der Waals surface area contributed by atoms with Crippen molar-refractivity contribution >= 4 is 5.91 Å². The normalized spacial score (nSPS) is 16.1. The summed E-state index contributed by atoms with van der Waals surface area (Å²) in [5.41, 5.74) is 1.06. The van der Waals surface area contributed by atoms with Crippen molar-refractivity contribution in [2.75, 3.05) is 13.7 Å². The van der Waals surface area contributed by atoms with E-state index < -0.39 is 6.10 Å². The predicted octanol–water partition coefficient (Wildman–Crippen LogP) is 0.878. The molecule has 1 atom stereocenters. The summed E-state index contributed by atoms with van der Waals surface area (Å²) in [4.78, 5) is 16.2. The van der Waals surface area contributed by atoms with Crippen LogP contribution < -0.4 is 10.1 Å². The van der Waals surface area contributed by atoms with Crippen molar-refractivity contribution in [1.29, 1.82) is 0 Å². The Kier molecular flexibility index (Phi) is 4.34. The van der Waals surface area contributed by atoms with Gasteiger partial charge in [-0.3, -0.25) is 4.79 Å². The van der Waals surface area contributed by atoms with Crippen LogP contribution in [0.25, 0.3) is 0 Å². The number of aromatic nitrogens is 2. The molecule has 0 aliphatic carbocycles. The minimum Gasteiger partial charge on any atom is -0.480 e. The Morgan fingerprint density at radius 2 is 2.32 bits per heavy atom. The summed E-state index contributed by atoms with van der Waals surface area (Å²) in [5, 5.41) is 6.59. The van der Waals surface area contributed by atoms with Gasteiger partial charge in [0.05, 0.1) is 0 Å². The molecular formula is C15H17N3O4. The molecule has 3 rings (SSSR count). The molecule has 2 aromatic rings. The van der Waals surface area contributed by atoms with Crippen LogP contribution in [0.1, 0.15) is 17.3 Å². The van der Waals surface area contributed by atoms with Crippen LogP contribution in [0.2, 0.25) is 0 Å². The second-order valence-electron chi connectivity index (χ2n) is 5.00. The van der Waals surface area contributed by atoms with E-state index in [0.717, 1.165) is 11.3 Å². The van der Waals surface area contributed by atoms with Gasteiger partial charge in [-0.05, 0) is 11.6 Å². The predicted molar refractivity (Wildman–Crippen MR) is 76.3 cm³/mol. The van der Waals surface area contributed by atoms with E-state index in [2.05, 4.69) is 15.5 Å². The smallest absolute Gasteiger partial charge is 0.261 e. The van der Waals surface area contributed by atoms with E-state index in [1.807, 2.05) is 24.3 Å². The number of nitrogens with one attached hydrogen (secondary N) is 1. The maximum Gasteiger partial charge on any atom is 0.261 e. The number of carbonyl (C=O) groups is 1. The van der Waals surface area contributed by atoms with Gasteiger partial charge in [-0.2, -0.15) is 4.98 Å². The molecule has 0 saturated carbocycles. The molecule has 1 unspecified atom stereocenters.